The zero-order valence-electron chi connectivity index (χ0n) is 12.4. The Balaban J connectivity index is 1.99. The van der Waals surface area contributed by atoms with Crippen LogP contribution in [-0.4, -0.2) is 20.3 Å². The number of hydrogen-bond donors (Lipinski definition) is 2. The minimum Gasteiger partial charge on any atom is -0.497 e. The van der Waals surface area contributed by atoms with Gasteiger partial charge in [-0.1, -0.05) is 12.1 Å². The predicted octanol–water partition coefficient (Wildman–Crippen LogP) is 3.16. The van der Waals surface area contributed by atoms with Gasteiger partial charge < -0.3 is 20.1 Å². The van der Waals surface area contributed by atoms with Gasteiger partial charge in [0, 0.05) is 12.6 Å². The van der Waals surface area contributed by atoms with E-state index in [1.165, 1.54) is 26.4 Å². The molecule has 2 rings (SSSR count). The van der Waals surface area contributed by atoms with E-state index in [-0.39, 0.29) is 12.4 Å². The highest BCUT2D eigenvalue weighted by atomic mass is 19.1. The molecule has 0 aliphatic rings. The number of nitrogens with one attached hydrogen (secondary N) is 2. The molecule has 0 radical (unpaired) electrons. The molecular weight excluding hydrogens is 287 g/mol. The number of carbonyl (C=O) groups excluding carboxylic acids is 1. The maximum atomic E-state index is 13.1. The normalized spacial score (nSPS) is 9.95. The number of carbonyl (C=O) groups is 1. The van der Waals surface area contributed by atoms with Gasteiger partial charge in [-0.15, -0.1) is 0 Å². The summed E-state index contributed by atoms with van der Waals surface area (Å²) in [6, 6.07) is 10.7. The molecule has 2 amide bonds. The van der Waals surface area contributed by atoms with Crippen LogP contribution < -0.4 is 20.1 Å². The largest absolute Gasteiger partial charge is 0.497 e. The van der Waals surface area contributed by atoms with E-state index in [4.69, 9.17) is 9.47 Å². The van der Waals surface area contributed by atoms with E-state index in [0.717, 1.165) is 0 Å². The monoisotopic (exact) mass is 304 g/mol. The van der Waals surface area contributed by atoms with Gasteiger partial charge in [0.15, 0.2) is 0 Å². The fraction of sp³-hybridized carbons (Fsp3) is 0.188. The molecule has 2 aromatic carbocycles. The van der Waals surface area contributed by atoms with E-state index in [1.807, 2.05) is 0 Å². The van der Waals surface area contributed by atoms with Gasteiger partial charge in [0.25, 0.3) is 0 Å². The molecule has 0 bridgehead atoms. The van der Waals surface area contributed by atoms with Gasteiger partial charge in [-0.2, -0.15) is 0 Å². The van der Waals surface area contributed by atoms with Crippen molar-refractivity contribution < 1.29 is 18.7 Å². The molecule has 5 nitrogen and oxygen atoms in total. The second-order valence-corrected chi connectivity index (χ2v) is 4.50. The Kier molecular flexibility index (Phi) is 5.19. The number of anilines is 1. The van der Waals surface area contributed by atoms with Crippen LogP contribution in [0.25, 0.3) is 0 Å². The van der Waals surface area contributed by atoms with Crippen LogP contribution in [0.15, 0.2) is 42.5 Å². The maximum absolute atomic E-state index is 13.1. The third kappa shape index (κ3) is 4.12. The van der Waals surface area contributed by atoms with E-state index in [2.05, 4.69) is 10.6 Å². The van der Waals surface area contributed by atoms with Crippen LogP contribution in [0.1, 0.15) is 5.56 Å². The van der Waals surface area contributed by atoms with E-state index in [0.29, 0.717) is 22.7 Å². The number of benzene rings is 2. The molecule has 2 aromatic rings. The van der Waals surface area contributed by atoms with Crippen LogP contribution in [0.5, 0.6) is 11.5 Å². The van der Waals surface area contributed by atoms with Crippen LogP contribution in [-0.2, 0) is 6.54 Å². The number of ether oxygens (including phenoxy) is 2. The van der Waals surface area contributed by atoms with E-state index >= 15 is 0 Å². The highest BCUT2D eigenvalue weighted by Crippen LogP contribution is 2.28. The minimum atomic E-state index is -0.421. The van der Waals surface area contributed by atoms with Crippen LogP contribution >= 0.6 is 0 Å². The SMILES string of the molecule is COc1ccc(OC)c(NC(=O)NCc2cccc(F)c2)c1. The number of hydrogen-bond acceptors (Lipinski definition) is 3. The second kappa shape index (κ2) is 7.31. The number of urea groups is 1. The van der Waals surface area contributed by atoms with E-state index in [9.17, 15) is 9.18 Å². The molecule has 0 aliphatic carbocycles. The Morgan fingerprint density at radius 1 is 1.14 bits per heavy atom. The lowest BCUT2D eigenvalue weighted by atomic mass is 10.2. The van der Waals surface area contributed by atoms with Crippen LogP contribution in [0.2, 0.25) is 0 Å². The first-order valence-electron chi connectivity index (χ1n) is 6.63. The second-order valence-electron chi connectivity index (χ2n) is 4.50. The van der Waals surface area contributed by atoms with Gasteiger partial charge >= 0.3 is 6.03 Å². The summed E-state index contributed by atoms with van der Waals surface area (Å²) >= 11 is 0. The van der Waals surface area contributed by atoms with Crippen molar-refractivity contribution in [1.82, 2.24) is 5.32 Å². The van der Waals surface area contributed by atoms with Gasteiger partial charge in [-0.05, 0) is 29.8 Å². The zero-order chi connectivity index (χ0) is 15.9. The van der Waals surface area contributed by atoms with Gasteiger partial charge in [0.2, 0.25) is 0 Å². The van der Waals surface area contributed by atoms with Crippen LogP contribution in [0.3, 0.4) is 0 Å². The van der Waals surface area contributed by atoms with Gasteiger partial charge in [-0.3, -0.25) is 0 Å². The minimum absolute atomic E-state index is 0.218. The van der Waals surface area contributed by atoms with E-state index in [1.54, 1.807) is 30.3 Å². The molecule has 0 aromatic heterocycles. The summed E-state index contributed by atoms with van der Waals surface area (Å²) in [7, 11) is 3.05. The molecule has 2 N–H and O–H groups in total. The molecule has 0 unspecified atom stereocenters. The van der Waals surface area contributed by atoms with Crippen molar-refractivity contribution >= 4 is 11.7 Å². The molecule has 0 saturated heterocycles. The van der Waals surface area contributed by atoms with Gasteiger partial charge in [0.1, 0.15) is 17.3 Å². The van der Waals surface area contributed by atoms with Crippen molar-refractivity contribution in [2.45, 2.75) is 6.54 Å². The first-order chi connectivity index (χ1) is 10.6. The fourth-order valence-electron chi connectivity index (χ4n) is 1.91. The molecule has 22 heavy (non-hydrogen) atoms. The summed E-state index contributed by atoms with van der Waals surface area (Å²) in [6.07, 6.45) is 0. The zero-order valence-corrected chi connectivity index (χ0v) is 12.4. The average molecular weight is 304 g/mol. The topological polar surface area (TPSA) is 59.6 Å². The maximum Gasteiger partial charge on any atom is 0.319 e. The molecule has 6 heteroatoms. The number of halogens is 1. The lowest BCUT2D eigenvalue weighted by molar-refractivity contribution is 0.251. The van der Waals surface area contributed by atoms with Crippen molar-refractivity contribution in [2.75, 3.05) is 19.5 Å². The van der Waals surface area contributed by atoms with Crippen molar-refractivity contribution in [2.24, 2.45) is 0 Å². The smallest absolute Gasteiger partial charge is 0.319 e. The van der Waals surface area contributed by atoms with Gasteiger partial charge in [-0.25, -0.2) is 9.18 Å². The predicted molar refractivity (Wildman–Crippen MR) is 81.8 cm³/mol. The summed E-state index contributed by atoms with van der Waals surface area (Å²) in [4.78, 5) is 11.9. The molecular formula is C16H17FN2O3. The lowest BCUT2D eigenvalue weighted by Crippen LogP contribution is -2.28. The van der Waals surface area contributed by atoms with Crippen LogP contribution in [0, 0.1) is 5.82 Å². The Morgan fingerprint density at radius 2 is 1.95 bits per heavy atom. The number of rotatable bonds is 5. The van der Waals surface area contributed by atoms with Crippen LogP contribution in [0.4, 0.5) is 14.9 Å². The molecule has 0 heterocycles. The Bertz CT molecular complexity index is 662. The van der Waals surface area contributed by atoms with Gasteiger partial charge in [0.05, 0.1) is 19.9 Å². The molecule has 0 atom stereocenters. The van der Waals surface area contributed by atoms with E-state index < -0.39 is 6.03 Å². The average Bonchev–Trinajstić information content (AvgIpc) is 2.53. The molecule has 0 saturated carbocycles. The van der Waals surface area contributed by atoms with Crippen molar-refractivity contribution in [3.63, 3.8) is 0 Å². The van der Waals surface area contributed by atoms with Crippen molar-refractivity contribution in [3.8, 4) is 11.5 Å². The number of methoxy groups -OCH3 is 2. The quantitative estimate of drug-likeness (QED) is 0.892. The standard InChI is InChI=1S/C16H17FN2O3/c1-21-13-6-7-15(22-2)14(9-13)19-16(20)18-10-11-4-3-5-12(17)8-11/h3-9H,10H2,1-2H3,(H2,18,19,20). The summed E-state index contributed by atoms with van der Waals surface area (Å²) in [6.45, 7) is 0.218. The Hall–Kier alpha value is -2.76. The number of amides is 2. The van der Waals surface area contributed by atoms with Crippen molar-refractivity contribution in [1.29, 1.82) is 0 Å². The molecule has 0 aliphatic heterocycles. The third-order valence-corrected chi connectivity index (χ3v) is 3.00. The molecule has 0 spiro atoms. The Morgan fingerprint density at radius 3 is 2.64 bits per heavy atom. The summed E-state index contributed by atoms with van der Waals surface area (Å²) in [5.74, 6) is 0.775. The lowest BCUT2D eigenvalue weighted by Gasteiger charge is -2.12. The molecule has 0 fully saturated rings. The first-order valence-corrected chi connectivity index (χ1v) is 6.63. The summed E-state index contributed by atoms with van der Waals surface area (Å²) in [5, 5.41) is 5.32. The Labute approximate surface area is 128 Å². The van der Waals surface area contributed by atoms with Crippen molar-refractivity contribution in [3.05, 3.63) is 53.8 Å². The highest BCUT2D eigenvalue weighted by Gasteiger charge is 2.09. The summed E-state index contributed by atoms with van der Waals surface area (Å²) < 4.78 is 23.3. The fourth-order valence-corrected chi connectivity index (χ4v) is 1.91. The molecule has 116 valence electrons. The highest BCUT2D eigenvalue weighted by molar-refractivity contribution is 5.91. The first kappa shape index (κ1) is 15.6. The third-order valence-electron chi connectivity index (χ3n) is 3.00. The summed E-state index contributed by atoms with van der Waals surface area (Å²) in [5.41, 5.74) is 1.16.